The van der Waals surface area contributed by atoms with Crippen LogP contribution in [0.15, 0.2) is 36.5 Å². The molecule has 1 aromatic heterocycles. The van der Waals surface area contributed by atoms with Crippen LogP contribution in [-0.4, -0.2) is 47.8 Å². The molecule has 2 heterocycles. The molecule has 1 N–H and O–H groups in total. The van der Waals surface area contributed by atoms with Crippen LogP contribution in [0.3, 0.4) is 0 Å². The van der Waals surface area contributed by atoms with Gasteiger partial charge < -0.3 is 14.6 Å². The Morgan fingerprint density at radius 2 is 2.07 bits per heavy atom. The molecule has 0 aliphatic carbocycles. The van der Waals surface area contributed by atoms with E-state index >= 15 is 0 Å². The molecule has 6 heteroatoms. The molecule has 27 heavy (non-hydrogen) atoms. The fraction of sp³-hybridized carbons (Fsp3) is 0.429. The number of carboxylic acids is 1. The second-order valence-corrected chi connectivity index (χ2v) is 6.80. The van der Waals surface area contributed by atoms with Crippen LogP contribution < -0.4 is 9.47 Å². The number of rotatable bonds is 6. The number of aromatic nitrogens is 1. The van der Waals surface area contributed by atoms with Gasteiger partial charge in [0.2, 0.25) is 0 Å². The van der Waals surface area contributed by atoms with Crippen molar-refractivity contribution in [2.75, 3.05) is 20.8 Å². The molecule has 2 unspecified atom stereocenters. The average molecular weight is 370 g/mol. The minimum Gasteiger partial charge on any atom is -0.497 e. The van der Waals surface area contributed by atoms with E-state index in [1.165, 1.54) is 0 Å². The molecule has 6 nitrogen and oxygen atoms in total. The highest BCUT2D eigenvalue weighted by Gasteiger charge is 2.37. The SMILES string of the molecule is COc1ccc(OC)c(C(c2ncccc2C)N2CCCCC2C(=O)O)c1. The number of pyridine rings is 1. The number of hydrogen-bond acceptors (Lipinski definition) is 5. The standard InChI is InChI=1S/C21H26N2O4/c1-14-7-6-11-22-19(14)20(23-12-5-4-8-17(23)21(24)25)16-13-15(26-2)9-10-18(16)27-3/h6-7,9-11,13,17,20H,4-5,8,12H2,1-3H3,(H,24,25). The smallest absolute Gasteiger partial charge is 0.320 e. The van der Waals surface area contributed by atoms with Crippen LogP contribution >= 0.6 is 0 Å². The fourth-order valence-corrected chi connectivity index (χ4v) is 3.85. The number of benzene rings is 1. The summed E-state index contributed by atoms with van der Waals surface area (Å²) in [5, 5.41) is 9.83. The van der Waals surface area contributed by atoms with Crippen molar-refractivity contribution in [3.8, 4) is 11.5 Å². The van der Waals surface area contributed by atoms with Crippen molar-refractivity contribution < 1.29 is 19.4 Å². The third kappa shape index (κ3) is 3.90. The summed E-state index contributed by atoms with van der Waals surface area (Å²) in [7, 11) is 3.24. The Hall–Kier alpha value is -2.60. The highest BCUT2D eigenvalue weighted by atomic mass is 16.5. The number of methoxy groups -OCH3 is 2. The zero-order valence-electron chi connectivity index (χ0n) is 16.0. The van der Waals surface area contributed by atoms with Crippen LogP contribution in [-0.2, 0) is 4.79 Å². The summed E-state index contributed by atoms with van der Waals surface area (Å²) in [6, 6.07) is 8.64. The van der Waals surface area contributed by atoms with Gasteiger partial charge in [-0.3, -0.25) is 14.7 Å². The largest absolute Gasteiger partial charge is 0.497 e. The maximum atomic E-state index is 12.0. The van der Waals surface area contributed by atoms with Crippen LogP contribution in [0.1, 0.15) is 42.1 Å². The van der Waals surface area contributed by atoms with E-state index in [1.54, 1.807) is 20.4 Å². The third-order valence-electron chi connectivity index (χ3n) is 5.20. The lowest BCUT2D eigenvalue weighted by Crippen LogP contribution is -2.47. The number of aliphatic carboxylic acids is 1. The van der Waals surface area contributed by atoms with Crippen LogP contribution in [0.5, 0.6) is 11.5 Å². The maximum absolute atomic E-state index is 12.0. The van der Waals surface area contributed by atoms with E-state index in [-0.39, 0.29) is 6.04 Å². The molecule has 0 radical (unpaired) electrons. The van der Waals surface area contributed by atoms with Gasteiger partial charge in [-0.15, -0.1) is 0 Å². The first kappa shape index (κ1) is 19.2. The topological polar surface area (TPSA) is 71.9 Å². The van der Waals surface area contributed by atoms with Crippen molar-refractivity contribution in [3.05, 3.63) is 53.3 Å². The van der Waals surface area contributed by atoms with E-state index in [0.717, 1.165) is 29.7 Å². The highest BCUT2D eigenvalue weighted by Crippen LogP contribution is 2.40. The van der Waals surface area contributed by atoms with Gasteiger partial charge >= 0.3 is 5.97 Å². The number of carbonyl (C=O) groups is 1. The number of ether oxygens (including phenoxy) is 2. The Kier molecular flexibility index (Phi) is 5.96. The second-order valence-electron chi connectivity index (χ2n) is 6.80. The van der Waals surface area contributed by atoms with E-state index in [9.17, 15) is 9.90 Å². The average Bonchev–Trinajstić information content (AvgIpc) is 2.69. The van der Waals surface area contributed by atoms with Crippen molar-refractivity contribution in [1.82, 2.24) is 9.88 Å². The van der Waals surface area contributed by atoms with E-state index in [1.807, 2.05) is 42.2 Å². The lowest BCUT2D eigenvalue weighted by molar-refractivity contribution is -0.145. The molecule has 2 aromatic rings. The van der Waals surface area contributed by atoms with Crippen LogP contribution in [0.25, 0.3) is 0 Å². The summed E-state index contributed by atoms with van der Waals surface area (Å²) in [5.41, 5.74) is 2.73. The summed E-state index contributed by atoms with van der Waals surface area (Å²) in [6.45, 7) is 2.69. The second kappa shape index (κ2) is 8.39. The summed E-state index contributed by atoms with van der Waals surface area (Å²) in [6.07, 6.45) is 4.25. The molecule has 1 fully saturated rings. The zero-order valence-corrected chi connectivity index (χ0v) is 16.0. The monoisotopic (exact) mass is 370 g/mol. The van der Waals surface area contributed by atoms with E-state index < -0.39 is 12.0 Å². The summed E-state index contributed by atoms with van der Waals surface area (Å²) in [4.78, 5) is 18.6. The third-order valence-corrected chi connectivity index (χ3v) is 5.20. The quantitative estimate of drug-likeness (QED) is 0.840. The lowest BCUT2D eigenvalue weighted by atomic mass is 9.92. The maximum Gasteiger partial charge on any atom is 0.320 e. The van der Waals surface area contributed by atoms with Gasteiger partial charge in [0.15, 0.2) is 0 Å². The molecule has 0 saturated carbocycles. The van der Waals surface area contributed by atoms with Gasteiger partial charge in [0.05, 0.1) is 26.0 Å². The predicted molar refractivity (Wildman–Crippen MR) is 102 cm³/mol. The number of aryl methyl sites for hydroxylation is 1. The normalized spacial score (nSPS) is 18.7. The van der Waals surface area contributed by atoms with Crippen molar-refractivity contribution in [3.63, 3.8) is 0 Å². The van der Waals surface area contributed by atoms with Gasteiger partial charge in [-0.1, -0.05) is 12.5 Å². The minimum atomic E-state index is -0.796. The first-order valence-corrected chi connectivity index (χ1v) is 9.18. The molecule has 0 amide bonds. The molecule has 144 valence electrons. The number of nitrogens with zero attached hydrogens (tertiary/aromatic N) is 2. The first-order valence-electron chi connectivity index (χ1n) is 9.18. The van der Waals surface area contributed by atoms with Crippen molar-refractivity contribution in [2.24, 2.45) is 0 Å². The van der Waals surface area contributed by atoms with Gasteiger partial charge in [-0.25, -0.2) is 0 Å². The Morgan fingerprint density at radius 3 is 2.74 bits per heavy atom. The Labute approximate surface area is 159 Å². The molecule has 1 aliphatic rings. The summed E-state index contributed by atoms with van der Waals surface area (Å²) >= 11 is 0. The van der Waals surface area contributed by atoms with Gasteiger partial charge in [0.25, 0.3) is 0 Å². The van der Waals surface area contributed by atoms with E-state index in [0.29, 0.717) is 24.5 Å². The lowest BCUT2D eigenvalue weighted by Gasteiger charge is -2.40. The molecule has 0 bridgehead atoms. The summed E-state index contributed by atoms with van der Waals surface area (Å²) in [5.74, 6) is 0.601. The minimum absolute atomic E-state index is 0.322. The van der Waals surface area contributed by atoms with Gasteiger partial charge in [0, 0.05) is 11.8 Å². The van der Waals surface area contributed by atoms with E-state index in [4.69, 9.17) is 9.47 Å². The predicted octanol–water partition coefficient (Wildman–Crippen LogP) is 3.44. The Balaban J connectivity index is 2.20. The fourth-order valence-electron chi connectivity index (χ4n) is 3.85. The van der Waals surface area contributed by atoms with Crippen LogP contribution in [0.2, 0.25) is 0 Å². The van der Waals surface area contributed by atoms with Crippen molar-refractivity contribution in [1.29, 1.82) is 0 Å². The number of likely N-dealkylation sites (tertiary alicyclic amines) is 1. The van der Waals surface area contributed by atoms with Gasteiger partial charge in [-0.05, 0) is 56.1 Å². The molecule has 3 rings (SSSR count). The molecular formula is C21H26N2O4. The Morgan fingerprint density at radius 1 is 1.26 bits per heavy atom. The highest BCUT2D eigenvalue weighted by molar-refractivity contribution is 5.73. The van der Waals surface area contributed by atoms with Crippen LogP contribution in [0, 0.1) is 6.92 Å². The summed E-state index contributed by atoms with van der Waals surface area (Å²) < 4.78 is 11.0. The number of piperidine rings is 1. The molecule has 1 saturated heterocycles. The van der Waals surface area contributed by atoms with Crippen molar-refractivity contribution in [2.45, 2.75) is 38.3 Å². The Bertz CT molecular complexity index is 809. The van der Waals surface area contributed by atoms with Gasteiger partial charge in [0.1, 0.15) is 17.5 Å². The zero-order chi connectivity index (χ0) is 19.4. The van der Waals surface area contributed by atoms with Crippen LogP contribution in [0.4, 0.5) is 0 Å². The molecule has 0 spiro atoms. The molecule has 1 aliphatic heterocycles. The van der Waals surface area contributed by atoms with Gasteiger partial charge in [-0.2, -0.15) is 0 Å². The first-order chi connectivity index (χ1) is 13.1. The molecular weight excluding hydrogens is 344 g/mol. The van der Waals surface area contributed by atoms with E-state index in [2.05, 4.69) is 4.98 Å². The molecule has 1 aromatic carbocycles. The number of carboxylic acid groups (broad SMARTS) is 1. The van der Waals surface area contributed by atoms with Crippen molar-refractivity contribution >= 4 is 5.97 Å². The molecule has 2 atom stereocenters. The number of hydrogen-bond donors (Lipinski definition) is 1.